The standard InChI is InChI=1S/C8H8F3N3O/c9-8(10,11)5-3-4(7(12)15)1-2-6(5)14-13/h1-3,14H,13H2,(H2,12,15). The van der Waals surface area contributed by atoms with Crippen LogP contribution in [-0.2, 0) is 6.18 Å². The van der Waals surface area contributed by atoms with Gasteiger partial charge in [0.15, 0.2) is 0 Å². The summed E-state index contributed by atoms with van der Waals surface area (Å²) < 4.78 is 37.3. The summed E-state index contributed by atoms with van der Waals surface area (Å²) >= 11 is 0. The molecule has 0 aromatic heterocycles. The number of amides is 1. The van der Waals surface area contributed by atoms with Crippen molar-refractivity contribution >= 4 is 11.6 Å². The highest BCUT2D eigenvalue weighted by atomic mass is 19.4. The highest BCUT2D eigenvalue weighted by Gasteiger charge is 2.34. The van der Waals surface area contributed by atoms with Crippen molar-refractivity contribution in [1.29, 1.82) is 0 Å². The molecule has 0 heterocycles. The number of rotatable bonds is 2. The molecule has 5 N–H and O–H groups in total. The number of carbonyl (C=O) groups is 1. The largest absolute Gasteiger partial charge is 0.418 e. The van der Waals surface area contributed by atoms with Crippen LogP contribution in [0.25, 0.3) is 0 Å². The molecule has 1 aromatic rings. The van der Waals surface area contributed by atoms with Gasteiger partial charge in [-0.2, -0.15) is 13.2 Å². The van der Waals surface area contributed by atoms with Gasteiger partial charge in [-0.1, -0.05) is 0 Å². The van der Waals surface area contributed by atoms with Gasteiger partial charge in [-0.25, -0.2) is 0 Å². The SMILES string of the molecule is NNc1ccc(C(N)=O)cc1C(F)(F)F. The van der Waals surface area contributed by atoms with Crippen LogP contribution in [0.2, 0.25) is 0 Å². The molecule has 0 spiro atoms. The number of nitrogen functional groups attached to an aromatic ring is 1. The smallest absolute Gasteiger partial charge is 0.366 e. The second-order valence-electron chi connectivity index (χ2n) is 2.77. The molecule has 1 aromatic carbocycles. The Kier molecular flexibility index (Phi) is 2.85. The van der Waals surface area contributed by atoms with Gasteiger partial charge in [-0.05, 0) is 18.2 Å². The second-order valence-corrected chi connectivity index (χ2v) is 2.77. The molecule has 82 valence electrons. The summed E-state index contributed by atoms with van der Waals surface area (Å²) in [6, 6.07) is 2.85. The lowest BCUT2D eigenvalue weighted by atomic mass is 10.1. The van der Waals surface area contributed by atoms with Gasteiger partial charge in [0, 0.05) is 5.56 Å². The number of anilines is 1. The van der Waals surface area contributed by atoms with Crippen molar-refractivity contribution in [3.8, 4) is 0 Å². The molecular weight excluding hydrogens is 211 g/mol. The van der Waals surface area contributed by atoms with E-state index in [9.17, 15) is 18.0 Å². The first-order chi connectivity index (χ1) is 6.86. The average Bonchev–Trinajstić information content (AvgIpc) is 2.15. The number of alkyl halides is 3. The molecule has 0 aliphatic heterocycles. The van der Waals surface area contributed by atoms with Gasteiger partial charge in [-0.3, -0.25) is 10.6 Å². The molecule has 0 unspecified atom stereocenters. The Hall–Kier alpha value is -1.76. The molecule has 0 saturated heterocycles. The van der Waals surface area contributed by atoms with E-state index in [1.807, 2.05) is 5.43 Å². The van der Waals surface area contributed by atoms with E-state index in [0.29, 0.717) is 6.07 Å². The van der Waals surface area contributed by atoms with Crippen molar-refractivity contribution in [3.05, 3.63) is 29.3 Å². The van der Waals surface area contributed by atoms with Gasteiger partial charge < -0.3 is 11.2 Å². The molecule has 4 nitrogen and oxygen atoms in total. The van der Waals surface area contributed by atoms with Crippen LogP contribution >= 0.6 is 0 Å². The third-order valence-corrected chi connectivity index (χ3v) is 1.76. The van der Waals surface area contributed by atoms with Crippen LogP contribution in [-0.4, -0.2) is 5.91 Å². The summed E-state index contributed by atoms with van der Waals surface area (Å²) in [5.74, 6) is 3.98. The summed E-state index contributed by atoms with van der Waals surface area (Å²) in [7, 11) is 0. The minimum absolute atomic E-state index is 0.221. The lowest BCUT2D eigenvalue weighted by molar-refractivity contribution is -0.137. The first kappa shape index (κ1) is 11.3. The average molecular weight is 219 g/mol. The number of benzene rings is 1. The number of hydrogen-bond acceptors (Lipinski definition) is 3. The molecule has 1 amide bonds. The zero-order valence-electron chi connectivity index (χ0n) is 7.43. The van der Waals surface area contributed by atoms with Crippen molar-refractivity contribution < 1.29 is 18.0 Å². The fourth-order valence-electron chi connectivity index (χ4n) is 1.06. The van der Waals surface area contributed by atoms with Crippen LogP contribution in [0.4, 0.5) is 18.9 Å². The monoisotopic (exact) mass is 219 g/mol. The molecule has 0 aliphatic rings. The van der Waals surface area contributed by atoms with E-state index in [2.05, 4.69) is 0 Å². The van der Waals surface area contributed by atoms with E-state index >= 15 is 0 Å². The Labute approximate surface area is 83.0 Å². The minimum Gasteiger partial charge on any atom is -0.366 e. The Morgan fingerprint density at radius 2 is 1.93 bits per heavy atom. The van der Waals surface area contributed by atoms with E-state index in [-0.39, 0.29) is 11.3 Å². The van der Waals surface area contributed by atoms with Crippen LogP contribution < -0.4 is 17.0 Å². The molecule has 0 bridgehead atoms. The number of nitrogens with one attached hydrogen (secondary N) is 1. The predicted octanol–water partition coefficient (Wildman–Crippen LogP) is 1.09. The highest BCUT2D eigenvalue weighted by Crippen LogP contribution is 2.34. The lowest BCUT2D eigenvalue weighted by Gasteiger charge is -2.12. The normalized spacial score (nSPS) is 11.2. The molecule has 0 aliphatic carbocycles. The van der Waals surface area contributed by atoms with Gasteiger partial charge in [0.2, 0.25) is 5.91 Å². The number of halogens is 3. The number of primary amides is 1. The van der Waals surface area contributed by atoms with Gasteiger partial charge >= 0.3 is 6.18 Å². The van der Waals surface area contributed by atoms with Crippen molar-refractivity contribution in [3.63, 3.8) is 0 Å². The first-order valence-corrected chi connectivity index (χ1v) is 3.84. The van der Waals surface area contributed by atoms with E-state index in [1.165, 1.54) is 0 Å². The Morgan fingerprint density at radius 3 is 2.33 bits per heavy atom. The minimum atomic E-state index is -4.59. The molecule has 0 atom stereocenters. The summed E-state index contributed by atoms with van der Waals surface area (Å²) in [5, 5.41) is 0. The number of carbonyl (C=O) groups excluding carboxylic acids is 1. The fraction of sp³-hybridized carbons (Fsp3) is 0.125. The van der Waals surface area contributed by atoms with Crippen LogP contribution in [0.1, 0.15) is 15.9 Å². The van der Waals surface area contributed by atoms with Crippen molar-refractivity contribution in [2.24, 2.45) is 11.6 Å². The molecule has 7 heteroatoms. The Bertz CT molecular complexity index is 389. The maximum Gasteiger partial charge on any atom is 0.418 e. The molecule has 1 rings (SSSR count). The summed E-state index contributed by atoms with van der Waals surface area (Å²) in [6.45, 7) is 0. The third kappa shape index (κ3) is 2.38. The van der Waals surface area contributed by atoms with E-state index in [0.717, 1.165) is 12.1 Å². The second kappa shape index (κ2) is 3.77. The number of hydrogen-bond donors (Lipinski definition) is 3. The highest BCUT2D eigenvalue weighted by molar-refractivity contribution is 5.93. The van der Waals surface area contributed by atoms with Crippen LogP contribution in [0.15, 0.2) is 18.2 Å². The van der Waals surface area contributed by atoms with Crippen LogP contribution in [0.3, 0.4) is 0 Å². The zero-order chi connectivity index (χ0) is 11.6. The topological polar surface area (TPSA) is 81.1 Å². The van der Waals surface area contributed by atoms with Crippen molar-refractivity contribution in [2.45, 2.75) is 6.18 Å². The maximum atomic E-state index is 12.4. The van der Waals surface area contributed by atoms with E-state index < -0.39 is 17.6 Å². The predicted molar refractivity (Wildman–Crippen MR) is 47.8 cm³/mol. The molecular formula is C8H8F3N3O. The van der Waals surface area contributed by atoms with E-state index in [4.69, 9.17) is 11.6 Å². The summed E-state index contributed by atoms with van der Waals surface area (Å²) in [6.07, 6.45) is -4.59. The Balaban J connectivity index is 3.32. The van der Waals surface area contributed by atoms with Crippen LogP contribution in [0.5, 0.6) is 0 Å². The van der Waals surface area contributed by atoms with Gasteiger partial charge in [0.1, 0.15) is 0 Å². The zero-order valence-corrected chi connectivity index (χ0v) is 7.43. The maximum absolute atomic E-state index is 12.4. The molecule has 15 heavy (non-hydrogen) atoms. The first-order valence-electron chi connectivity index (χ1n) is 3.84. The fourth-order valence-corrected chi connectivity index (χ4v) is 1.06. The molecule has 0 fully saturated rings. The lowest BCUT2D eigenvalue weighted by Crippen LogP contribution is -2.17. The van der Waals surface area contributed by atoms with Crippen LogP contribution in [0, 0.1) is 0 Å². The van der Waals surface area contributed by atoms with Crippen molar-refractivity contribution in [2.75, 3.05) is 5.43 Å². The third-order valence-electron chi connectivity index (χ3n) is 1.76. The number of nitrogens with two attached hydrogens (primary N) is 2. The van der Waals surface area contributed by atoms with Gasteiger partial charge in [0.25, 0.3) is 0 Å². The van der Waals surface area contributed by atoms with E-state index in [1.54, 1.807) is 0 Å². The van der Waals surface area contributed by atoms with Gasteiger partial charge in [0.05, 0.1) is 11.3 Å². The quantitative estimate of drug-likeness (QED) is 0.514. The molecule has 0 saturated carbocycles. The Morgan fingerprint density at radius 1 is 1.33 bits per heavy atom. The molecule has 0 radical (unpaired) electrons. The number of hydrazine groups is 1. The summed E-state index contributed by atoms with van der Waals surface area (Å²) in [5.41, 5.74) is 5.20. The summed E-state index contributed by atoms with van der Waals surface area (Å²) in [4.78, 5) is 10.7. The van der Waals surface area contributed by atoms with Crippen molar-refractivity contribution in [1.82, 2.24) is 0 Å². The van der Waals surface area contributed by atoms with Gasteiger partial charge in [-0.15, -0.1) is 0 Å².